The summed E-state index contributed by atoms with van der Waals surface area (Å²) in [5.74, 6) is 0.316. The number of rotatable bonds is 5. The number of methoxy groups -OCH3 is 1. The zero-order chi connectivity index (χ0) is 17.1. The van der Waals surface area contributed by atoms with E-state index in [9.17, 15) is 14.9 Å². The van der Waals surface area contributed by atoms with Gasteiger partial charge in [-0.2, -0.15) is 0 Å². The zero-order valence-electron chi connectivity index (χ0n) is 13.1. The normalized spacial score (nSPS) is 12.6. The van der Waals surface area contributed by atoms with Crippen molar-refractivity contribution in [1.29, 1.82) is 0 Å². The molecule has 0 atom stereocenters. The first-order valence-corrected chi connectivity index (χ1v) is 7.43. The van der Waals surface area contributed by atoms with E-state index >= 15 is 0 Å². The van der Waals surface area contributed by atoms with Crippen LogP contribution >= 0.6 is 0 Å². The molecule has 3 rings (SSSR count). The molecule has 0 radical (unpaired) electrons. The van der Waals surface area contributed by atoms with E-state index in [-0.39, 0.29) is 24.0 Å². The van der Waals surface area contributed by atoms with Crippen LogP contribution < -0.4 is 14.4 Å². The second-order valence-electron chi connectivity index (χ2n) is 5.31. The third-order valence-electron chi connectivity index (χ3n) is 3.90. The predicted octanol–water partition coefficient (Wildman–Crippen LogP) is 2.57. The summed E-state index contributed by atoms with van der Waals surface area (Å²) in [5, 5.41) is 10.9. The lowest BCUT2D eigenvalue weighted by Crippen LogP contribution is -2.33. The number of nitro groups is 1. The van der Waals surface area contributed by atoms with Crippen LogP contribution in [0, 0.1) is 10.1 Å². The van der Waals surface area contributed by atoms with Crippen LogP contribution in [0.2, 0.25) is 0 Å². The van der Waals surface area contributed by atoms with Crippen molar-refractivity contribution in [3.63, 3.8) is 0 Å². The molecule has 24 heavy (non-hydrogen) atoms. The van der Waals surface area contributed by atoms with Gasteiger partial charge in [-0.25, -0.2) is 0 Å². The monoisotopic (exact) mass is 328 g/mol. The second-order valence-corrected chi connectivity index (χ2v) is 5.31. The van der Waals surface area contributed by atoms with E-state index < -0.39 is 4.92 Å². The predicted molar refractivity (Wildman–Crippen MR) is 87.6 cm³/mol. The molecule has 1 amide bonds. The third-order valence-corrected chi connectivity index (χ3v) is 3.90. The summed E-state index contributed by atoms with van der Waals surface area (Å²) >= 11 is 0. The van der Waals surface area contributed by atoms with Crippen molar-refractivity contribution in [2.24, 2.45) is 0 Å². The Balaban J connectivity index is 1.73. The van der Waals surface area contributed by atoms with Crippen molar-refractivity contribution < 1.29 is 19.2 Å². The molecule has 7 nitrogen and oxygen atoms in total. The highest BCUT2D eigenvalue weighted by molar-refractivity contribution is 5.96. The molecule has 1 aliphatic rings. The Labute approximate surface area is 138 Å². The number of hydrogen-bond donors (Lipinski definition) is 0. The second kappa shape index (κ2) is 6.57. The number of hydrogen-bond acceptors (Lipinski definition) is 5. The van der Waals surface area contributed by atoms with Gasteiger partial charge in [-0.3, -0.25) is 14.9 Å². The molecule has 0 aromatic heterocycles. The quantitative estimate of drug-likeness (QED) is 0.622. The number of amides is 1. The topological polar surface area (TPSA) is 81.9 Å². The fraction of sp³-hybridized carbons (Fsp3) is 0.235. The van der Waals surface area contributed by atoms with Crippen LogP contribution in [0.5, 0.6) is 11.5 Å². The first kappa shape index (κ1) is 15.8. The molecule has 2 aromatic rings. The summed E-state index contributed by atoms with van der Waals surface area (Å²) in [6.07, 6.45) is 0.808. The molecule has 0 bridgehead atoms. The van der Waals surface area contributed by atoms with Gasteiger partial charge in [0.1, 0.15) is 0 Å². The molecule has 0 N–H and O–H groups in total. The van der Waals surface area contributed by atoms with Crippen molar-refractivity contribution in [3.8, 4) is 11.5 Å². The number of benzene rings is 2. The van der Waals surface area contributed by atoms with Gasteiger partial charge >= 0.3 is 0 Å². The van der Waals surface area contributed by atoms with Gasteiger partial charge in [-0.15, -0.1) is 0 Å². The van der Waals surface area contributed by atoms with Crippen LogP contribution in [0.4, 0.5) is 11.4 Å². The maximum Gasteiger partial charge on any atom is 0.273 e. The first-order valence-electron chi connectivity index (χ1n) is 7.43. The molecule has 124 valence electrons. The Morgan fingerprint density at radius 3 is 2.79 bits per heavy atom. The van der Waals surface area contributed by atoms with E-state index in [1.807, 2.05) is 24.3 Å². The SMILES string of the molecule is COc1ccc([N+](=O)[O-])cc1OCC(=O)N1CCc2ccccc21. The fourth-order valence-electron chi connectivity index (χ4n) is 2.71. The molecule has 1 aliphatic heterocycles. The van der Waals surface area contributed by atoms with Crippen LogP contribution in [-0.4, -0.2) is 31.1 Å². The van der Waals surface area contributed by atoms with Gasteiger partial charge < -0.3 is 14.4 Å². The maximum atomic E-state index is 12.4. The Morgan fingerprint density at radius 1 is 1.25 bits per heavy atom. The number of fused-ring (bicyclic) bond motifs is 1. The molecule has 0 fully saturated rings. The Bertz CT molecular complexity index is 790. The van der Waals surface area contributed by atoms with E-state index in [4.69, 9.17) is 9.47 Å². The van der Waals surface area contributed by atoms with Crippen LogP contribution in [-0.2, 0) is 11.2 Å². The van der Waals surface area contributed by atoms with Gasteiger partial charge in [0, 0.05) is 18.3 Å². The van der Waals surface area contributed by atoms with Crippen LogP contribution in [0.3, 0.4) is 0 Å². The molecule has 0 aliphatic carbocycles. The molecular formula is C17H16N2O5. The number of ether oxygens (including phenoxy) is 2. The molecule has 0 saturated carbocycles. The smallest absolute Gasteiger partial charge is 0.273 e. The minimum absolute atomic E-state index is 0.121. The van der Waals surface area contributed by atoms with Gasteiger partial charge in [0.05, 0.1) is 18.1 Å². The summed E-state index contributed by atoms with van der Waals surface area (Å²) in [4.78, 5) is 24.4. The number of nitrogens with zero attached hydrogens (tertiary/aromatic N) is 2. The molecular weight excluding hydrogens is 312 g/mol. The van der Waals surface area contributed by atoms with Crippen molar-refractivity contribution in [1.82, 2.24) is 0 Å². The van der Waals surface area contributed by atoms with Crippen molar-refractivity contribution in [2.75, 3.05) is 25.2 Å². The van der Waals surface area contributed by atoms with Crippen molar-refractivity contribution >= 4 is 17.3 Å². The summed E-state index contributed by atoms with van der Waals surface area (Å²) < 4.78 is 10.6. The number of carbonyl (C=O) groups is 1. The molecule has 0 unspecified atom stereocenters. The van der Waals surface area contributed by atoms with Crippen molar-refractivity contribution in [2.45, 2.75) is 6.42 Å². The molecule has 2 aromatic carbocycles. The van der Waals surface area contributed by atoms with E-state index in [0.717, 1.165) is 17.7 Å². The minimum atomic E-state index is -0.523. The average molecular weight is 328 g/mol. The molecule has 7 heteroatoms. The average Bonchev–Trinajstić information content (AvgIpc) is 3.03. The highest BCUT2D eigenvalue weighted by Gasteiger charge is 2.24. The van der Waals surface area contributed by atoms with Gasteiger partial charge in [0.2, 0.25) is 0 Å². The number of nitro benzene ring substituents is 1. The summed E-state index contributed by atoms with van der Waals surface area (Å²) in [7, 11) is 1.44. The van der Waals surface area contributed by atoms with E-state index in [1.165, 1.54) is 25.3 Å². The van der Waals surface area contributed by atoms with Gasteiger partial charge in [-0.1, -0.05) is 18.2 Å². The summed E-state index contributed by atoms with van der Waals surface area (Å²) in [6, 6.07) is 11.7. The first-order chi connectivity index (χ1) is 11.6. The lowest BCUT2D eigenvalue weighted by molar-refractivity contribution is -0.385. The standard InChI is InChI=1S/C17H16N2O5/c1-23-15-7-6-13(19(21)22)10-16(15)24-11-17(20)18-9-8-12-4-2-3-5-14(12)18/h2-7,10H,8-9,11H2,1H3. The molecule has 0 saturated heterocycles. The highest BCUT2D eigenvalue weighted by Crippen LogP contribution is 2.32. The number of carbonyl (C=O) groups excluding carboxylic acids is 1. The largest absolute Gasteiger partial charge is 0.493 e. The number of para-hydroxylation sites is 1. The highest BCUT2D eigenvalue weighted by atomic mass is 16.6. The number of non-ortho nitro benzene ring substituents is 1. The van der Waals surface area contributed by atoms with E-state index in [0.29, 0.717) is 12.3 Å². The lowest BCUT2D eigenvalue weighted by atomic mass is 10.2. The van der Waals surface area contributed by atoms with Gasteiger partial charge in [0.25, 0.3) is 11.6 Å². The Kier molecular flexibility index (Phi) is 4.33. The minimum Gasteiger partial charge on any atom is -0.493 e. The number of anilines is 1. The summed E-state index contributed by atoms with van der Waals surface area (Å²) in [6.45, 7) is 0.388. The van der Waals surface area contributed by atoms with Gasteiger partial charge in [-0.05, 0) is 24.1 Å². The molecule has 1 heterocycles. The van der Waals surface area contributed by atoms with Crippen molar-refractivity contribution in [3.05, 3.63) is 58.1 Å². The van der Waals surface area contributed by atoms with E-state index in [1.54, 1.807) is 4.90 Å². The van der Waals surface area contributed by atoms with Gasteiger partial charge in [0.15, 0.2) is 18.1 Å². The Morgan fingerprint density at radius 2 is 2.04 bits per heavy atom. The lowest BCUT2D eigenvalue weighted by Gasteiger charge is -2.18. The van der Waals surface area contributed by atoms with Crippen LogP contribution in [0.25, 0.3) is 0 Å². The Hall–Kier alpha value is -3.09. The van der Waals surface area contributed by atoms with Crippen LogP contribution in [0.15, 0.2) is 42.5 Å². The summed E-state index contributed by atoms with van der Waals surface area (Å²) in [5.41, 5.74) is 1.89. The molecule has 0 spiro atoms. The fourth-order valence-corrected chi connectivity index (χ4v) is 2.71. The maximum absolute atomic E-state index is 12.4. The van der Waals surface area contributed by atoms with Crippen LogP contribution in [0.1, 0.15) is 5.56 Å². The zero-order valence-corrected chi connectivity index (χ0v) is 13.1. The third kappa shape index (κ3) is 3.01. The van der Waals surface area contributed by atoms with E-state index in [2.05, 4.69) is 0 Å².